The van der Waals surface area contributed by atoms with Gasteiger partial charge in [0.05, 0.1) is 0 Å². The Bertz CT molecular complexity index is 177. The van der Waals surface area contributed by atoms with Crippen LogP contribution in [0.4, 0.5) is 0 Å². The van der Waals surface area contributed by atoms with Crippen LogP contribution < -0.4 is 5.32 Å². The molecule has 0 aromatic rings. The van der Waals surface area contributed by atoms with Crippen molar-refractivity contribution in [2.24, 2.45) is 0 Å². The number of carbonyl (C=O) groups excluding carboxylic acids is 1. The first-order chi connectivity index (χ1) is 6.26. The van der Waals surface area contributed by atoms with Crippen LogP contribution in [0, 0.1) is 0 Å². The molecule has 0 heterocycles. The molecule has 0 aliphatic heterocycles. The Morgan fingerprint density at radius 3 is 2.92 bits per heavy atom. The molecule has 76 valence electrons. The summed E-state index contributed by atoms with van der Waals surface area (Å²) in [6, 6.07) is 0.434. The minimum absolute atomic E-state index is 0.184. The highest BCUT2D eigenvalue weighted by atomic mass is 79.9. The van der Waals surface area contributed by atoms with Crippen molar-refractivity contribution in [3.05, 3.63) is 0 Å². The Hall–Kier alpha value is 0.300. The zero-order valence-electron chi connectivity index (χ0n) is 7.88. The first kappa shape index (κ1) is 11.4. The molecule has 1 aliphatic rings. The Labute approximate surface area is 92.4 Å². The predicted molar refractivity (Wildman–Crippen MR) is 61.5 cm³/mol. The first-order valence-electron chi connectivity index (χ1n) is 4.64. The van der Waals surface area contributed by atoms with Crippen molar-refractivity contribution in [2.45, 2.75) is 37.0 Å². The van der Waals surface area contributed by atoms with E-state index in [1.807, 2.05) is 11.8 Å². The molecule has 1 N–H and O–H groups in total. The number of rotatable bonds is 4. The standard InChI is InChI=1S/C9H16BrNOS/c1-13-8-3-2-7(6-8)11-9(12)4-5-10/h7-8H,2-6H2,1H3,(H,11,12). The summed E-state index contributed by atoms with van der Waals surface area (Å²) in [4.78, 5) is 11.2. The minimum atomic E-state index is 0.184. The van der Waals surface area contributed by atoms with E-state index in [0.29, 0.717) is 12.5 Å². The lowest BCUT2D eigenvalue weighted by Gasteiger charge is -2.11. The molecule has 13 heavy (non-hydrogen) atoms. The molecule has 1 fully saturated rings. The van der Waals surface area contributed by atoms with Crippen LogP contribution in [0.15, 0.2) is 0 Å². The maximum atomic E-state index is 11.2. The average Bonchev–Trinajstić information content (AvgIpc) is 2.52. The van der Waals surface area contributed by atoms with E-state index < -0.39 is 0 Å². The van der Waals surface area contributed by atoms with Crippen molar-refractivity contribution in [1.82, 2.24) is 5.32 Å². The van der Waals surface area contributed by atoms with Gasteiger partial charge in [0.2, 0.25) is 5.91 Å². The number of amides is 1. The Balaban J connectivity index is 2.19. The van der Waals surface area contributed by atoms with Crippen molar-refractivity contribution < 1.29 is 4.79 Å². The molecule has 0 spiro atoms. The number of nitrogens with one attached hydrogen (secondary N) is 1. The van der Waals surface area contributed by atoms with Gasteiger partial charge in [-0.2, -0.15) is 11.8 Å². The quantitative estimate of drug-likeness (QED) is 0.790. The van der Waals surface area contributed by atoms with E-state index in [-0.39, 0.29) is 5.91 Å². The SMILES string of the molecule is CSC1CCC(NC(=O)CCBr)C1. The van der Waals surface area contributed by atoms with Gasteiger partial charge >= 0.3 is 0 Å². The van der Waals surface area contributed by atoms with E-state index in [0.717, 1.165) is 23.4 Å². The van der Waals surface area contributed by atoms with Crippen molar-refractivity contribution in [3.63, 3.8) is 0 Å². The van der Waals surface area contributed by atoms with Crippen LogP contribution >= 0.6 is 27.7 Å². The van der Waals surface area contributed by atoms with E-state index >= 15 is 0 Å². The van der Waals surface area contributed by atoms with Gasteiger partial charge in [-0.15, -0.1) is 0 Å². The number of hydrogen-bond donors (Lipinski definition) is 1. The molecule has 0 aromatic carbocycles. The van der Waals surface area contributed by atoms with Crippen molar-refractivity contribution >= 4 is 33.6 Å². The Morgan fingerprint density at radius 1 is 1.62 bits per heavy atom. The van der Waals surface area contributed by atoms with Gasteiger partial charge in [-0.25, -0.2) is 0 Å². The van der Waals surface area contributed by atoms with E-state index in [2.05, 4.69) is 27.5 Å². The van der Waals surface area contributed by atoms with E-state index in [1.165, 1.54) is 6.42 Å². The van der Waals surface area contributed by atoms with Crippen LogP contribution in [-0.2, 0) is 4.79 Å². The molecule has 4 heteroatoms. The number of halogens is 1. The van der Waals surface area contributed by atoms with E-state index in [4.69, 9.17) is 0 Å². The summed E-state index contributed by atoms with van der Waals surface area (Å²) < 4.78 is 0. The van der Waals surface area contributed by atoms with E-state index in [9.17, 15) is 4.79 Å². The largest absolute Gasteiger partial charge is 0.353 e. The summed E-state index contributed by atoms with van der Waals surface area (Å²) in [5.74, 6) is 0.184. The lowest BCUT2D eigenvalue weighted by molar-refractivity contribution is -0.121. The van der Waals surface area contributed by atoms with Gasteiger partial charge in [0.25, 0.3) is 0 Å². The van der Waals surface area contributed by atoms with Crippen LogP contribution in [0.1, 0.15) is 25.7 Å². The van der Waals surface area contributed by atoms with Crippen molar-refractivity contribution in [1.29, 1.82) is 0 Å². The maximum Gasteiger partial charge on any atom is 0.221 e. The van der Waals surface area contributed by atoms with Crippen LogP contribution in [0.25, 0.3) is 0 Å². The van der Waals surface area contributed by atoms with E-state index in [1.54, 1.807) is 0 Å². The summed E-state index contributed by atoms with van der Waals surface area (Å²) in [6.45, 7) is 0. The molecule has 0 radical (unpaired) electrons. The molecule has 2 atom stereocenters. The molecular weight excluding hydrogens is 250 g/mol. The lowest BCUT2D eigenvalue weighted by Crippen LogP contribution is -2.33. The maximum absolute atomic E-state index is 11.2. The molecule has 0 saturated heterocycles. The number of thioether (sulfide) groups is 1. The highest BCUT2D eigenvalue weighted by molar-refractivity contribution is 9.09. The highest BCUT2D eigenvalue weighted by Crippen LogP contribution is 2.28. The number of carbonyl (C=O) groups is 1. The van der Waals surface area contributed by atoms with Gasteiger partial charge in [0, 0.05) is 23.0 Å². The predicted octanol–water partition coefficient (Wildman–Crippen LogP) is 2.17. The van der Waals surface area contributed by atoms with Gasteiger partial charge in [0.15, 0.2) is 0 Å². The normalized spacial score (nSPS) is 27.5. The molecule has 1 rings (SSSR count). The van der Waals surface area contributed by atoms with Gasteiger partial charge in [-0.05, 0) is 25.5 Å². The molecule has 1 amide bonds. The Kier molecular flexibility index (Phi) is 5.17. The van der Waals surface area contributed by atoms with Gasteiger partial charge in [-0.1, -0.05) is 15.9 Å². The topological polar surface area (TPSA) is 29.1 Å². The van der Waals surface area contributed by atoms with Crippen LogP contribution in [-0.4, -0.2) is 28.8 Å². The van der Waals surface area contributed by atoms with Crippen molar-refractivity contribution in [2.75, 3.05) is 11.6 Å². The number of hydrogen-bond acceptors (Lipinski definition) is 2. The molecule has 0 aromatic heterocycles. The number of alkyl halides is 1. The third-order valence-corrected chi connectivity index (χ3v) is 3.90. The summed E-state index contributed by atoms with van der Waals surface area (Å²) in [6.07, 6.45) is 6.29. The zero-order chi connectivity index (χ0) is 9.68. The second-order valence-electron chi connectivity index (χ2n) is 3.37. The molecule has 1 saturated carbocycles. The summed E-state index contributed by atoms with van der Waals surface area (Å²) in [7, 11) is 0. The molecule has 2 nitrogen and oxygen atoms in total. The molecule has 1 aliphatic carbocycles. The minimum Gasteiger partial charge on any atom is -0.353 e. The fourth-order valence-corrected chi connectivity index (χ4v) is 2.83. The zero-order valence-corrected chi connectivity index (χ0v) is 10.3. The molecule has 2 unspecified atom stereocenters. The van der Waals surface area contributed by atoms with Gasteiger partial charge in [0.1, 0.15) is 0 Å². The van der Waals surface area contributed by atoms with Crippen LogP contribution in [0.2, 0.25) is 0 Å². The molecular formula is C9H16BrNOS. The summed E-state index contributed by atoms with van der Waals surface area (Å²) in [5.41, 5.74) is 0. The second kappa shape index (κ2) is 5.91. The monoisotopic (exact) mass is 265 g/mol. The summed E-state index contributed by atoms with van der Waals surface area (Å²) in [5, 5.41) is 4.58. The Morgan fingerprint density at radius 2 is 2.38 bits per heavy atom. The third-order valence-electron chi connectivity index (χ3n) is 2.40. The van der Waals surface area contributed by atoms with Gasteiger partial charge < -0.3 is 5.32 Å². The van der Waals surface area contributed by atoms with Gasteiger partial charge in [-0.3, -0.25) is 4.79 Å². The van der Waals surface area contributed by atoms with Crippen LogP contribution in [0.3, 0.4) is 0 Å². The van der Waals surface area contributed by atoms with Crippen molar-refractivity contribution in [3.8, 4) is 0 Å². The summed E-state index contributed by atoms with van der Waals surface area (Å²) >= 11 is 5.18. The smallest absolute Gasteiger partial charge is 0.221 e. The highest BCUT2D eigenvalue weighted by Gasteiger charge is 2.24. The fraction of sp³-hybridized carbons (Fsp3) is 0.889. The first-order valence-corrected chi connectivity index (χ1v) is 7.05. The van der Waals surface area contributed by atoms with Crippen LogP contribution in [0.5, 0.6) is 0 Å². The lowest BCUT2D eigenvalue weighted by atomic mass is 10.2. The molecule has 0 bridgehead atoms. The fourth-order valence-electron chi connectivity index (χ4n) is 1.67. The third kappa shape index (κ3) is 3.90. The second-order valence-corrected chi connectivity index (χ2v) is 5.31. The average molecular weight is 266 g/mol.